The molecule has 9 nitrogen and oxygen atoms in total. The Balaban J connectivity index is 2.05. The minimum absolute atomic E-state index is 0.00579. The monoisotopic (exact) mass is 288 g/mol. The summed E-state index contributed by atoms with van der Waals surface area (Å²) in [5, 5.41) is 12.9. The molecule has 0 saturated carbocycles. The zero-order valence-corrected chi connectivity index (χ0v) is 11.4. The molecule has 1 atom stereocenters. The van der Waals surface area contributed by atoms with Crippen molar-refractivity contribution in [1.29, 1.82) is 0 Å². The Labute approximate surface area is 110 Å². The summed E-state index contributed by atoms with van der Waals surface area (Å²) in [5.74, 6) is -0.319. The number of aromatic nitrogens is 4. The van der Waals surface area contributed by atoms with Crippen LogP contribution in [0.1, 0.15) is 29.9 Å². The van der Waals surface area contributed by atoms with E-state index >= 15 is 0 Å². The number of sulfonamides is 1. The number of piperidine rings is 1. The van der Waals surface area contributed by atoms with Crippen molar-refractivity contribution < 1.29 is 13.2 Å². The number of likely N-dealkylation sites (tertiary alicyclic amines) is 1. The van der Waals surface area contributed by atoms with E-state index in [-0.39, 0.29) is 24.3 Å². The van der Waals surface area contributed by atoms with Crippen molar-refractivity contribution in [2.24, 2.45) is 0 Å². The molecule has 0 spiro atoms. The first-order chi connectivity index (χ1) is 8.97. The van der Waals surface area contributed by atoms with E-state index in [0.717, 1.165) is 25.5 Å². The molecular weight excluding hydrogens is 272 g/mol. The number of carbonyl (C=O) groups is 1. The molecule has 10 heteroatoms. The molecule has 19 heavy (non-hydrogen) atoms. The number of rotatable bonds is 4. The van der Waals surface area contributed by atoms with Crippen LogP contribution in [0, 0.1) is 0 Å². The highest BCUT2D eigenvalue weighted by Gasteiger charge is 2.29. The maximum Gasteiger partial charge on any atom is 0.295 e. The van der Waals surface area contributed by atoms with Crippen LogP contribution in [-0.4, -0.2) is 65.2 Å². The number of amides is 1. The van der Waals surface area contributed by atoms with Crippen LogP contribution < -0.4 is 4.72 Å². The lowest BCUT2D eigenvalue weighted by Crippen LogP contribution is -2.49. The molecule has 1 saturated heterocycles. The number of tetrazole rings is 1. The average Bonchev–Trinajstić information content (AvgIpc) is 2.89. The van der Waals surface area contributed by atoms with Gasteiger partial charge in [0.25, 0.3) is 11.7 Å². The number of hydrogen-bond acceptors (Lipinski definition) is 6. The summed E-state index contributed by atoms with van der Waals surface area (Å²) in [5.41, 5.74) is 0. The Morgan fingerprint density at radius 3 is 2.95 bits per heavy atom. The van der Waals surface area contributed by atoms with Gasteiger partial charge in [-0.05, 0) is 24.5 Å². The number of nitrogens with one attached hydrogen (secondary N) is 2. The van der Waals surface area contributed by atoms with Gasteiger partial charge in [-0.2, -0.15) is 5.21 Å². The summed E-state index contributed by atoms with van der Waals surface area (Å²) in [4.78, 5) is 13.8. The predicted molar refractivity (Wildman–Crippen MR) is 65.7 cm³/mol. The van der Waals surface area contributed by atoms with Crippen LogP contribution >= 0.6 is 0 Å². The molecule has 2 heterocycles. The Hall–Kier alpha value is -1.55. The first kappa shape index (κ1) is 13.9. The van der Waals surface area contributed by atoms with Crippen LogP contribution in [0.5, 0.6) is 0 Å². The summed E-state index contributed by atoms with van der Waals surface area (Å²) in [6, 6.07) is -0.172. The Kier molecular flexibility index (Phi) is 4.10. The summed E-state index contributed by atoms with van der Waals surface area (Å²) in [6.45, 7) is 0.784. The van der Waals surface area contributed by atoms with Gasteiger partial charge >= 0.3 is 0 Å². The number of H-pyrrole nitrogens is 1. The average molecular weight is 288 g/mol. The molecule has 1 aliphatic rings. The number of hydrogen-bond donors (Lipinski definition) is 2. The molecule has 0 aliphatic carbocycles. The van der Waals surface area contributed by atoms with Gasteiger partial charge in [0, 0.05) is 19.1 Å². The molecular formula is C9H16N6O3S. The van der Waals surface area contributed by atoms with Crippen LogP contribution in [0.3, 0.4) is 0 Å². The minimum Gasteiger partial charge on any atom is -0.332 e. The standard InChI is InChI=1S/C9H16N6O3S/c1-19(17,18)10-6-7-4-2-3-5-15(7)9(16)8-11-13-14-12-8/h7,10H,2-6H2,1H3,(H,11,12,13,14). The lowest BCUT2D eigenvalue weighted by atomic mass is 10.0. The fourth-order valence-electron chi connectivity index (χ4n) is 2.11. The van der Waals surface area contributed by atoms with E-state index in [2.05, 4.69) is 25.3 Å². The van der Waals surface area contributed by atoms with Gasteiger partial charge in [0.05, 0.1) is 6.26 Å². The maximum atomic E-state index is 12.2. The molecule has 1 fully saturated rings. The Morgan fingerprint density at radius 2 is 2.32 bits per heavy atom. The van der Waals surface area contributed by atoms with Crippen molar-refractivity contribution in [3.8, 4) is 0 Å². The highest BCUT2D eigenvalue weighted by molar-refractivity contribution is 7.88. The minimum atomic E-state index is -3.26. The van der Waals surface area contributed by atoms with Gasteiger partial charge in [0.15, 0.2) is 0 Å². The summed E-state index contributed by atoms with van der Waals surface area (Å²) < 4.78 is 24.7. The fraction of sp³-hybridized carbons (Fsp3) is 0.778. The highest BCUT2D eigenvalue weighted by atomic mass is 32.2. The molecule has 1 unspecified atom stereocenters. The van der Waals surface area contributed by atoms with Crippen LogP contribution in [0.15, 0.2) is 0 Å². The molecule has 1 aromatic heterocycles. The molecule has 1 amide bonds. The molecule has 2 rings (SSSR count). The van der Waals surface area contributed by atoms with E-state index in [9.17, 15) is 13.2 Å². The fourth-order valence-corrected chi connectivity index (χ4v) is 2.60. The third-order valence-corrected chi connectivity index (χ3v) is 3.70. The second-order valence-electron chi connectivity index (χ2n) is 4.50. The van der Waals surface area contributed by atoms with E-state index in [1.54, 1.807) is 4.90 Å². The predicted octanol–water partition coefficient (Wildman–Crippen LogP) is -1.26. The first-order valence-corrected chi connectivity index (χ1v) is 7.85. The van der Waals surface area contributed by atoms with Crippen LogP contribution in [0.2, 0.25) is 0 Å². The lowest BCUT2D eigenvalue weighted by Gasteiger charge is -2.34. The smallest absolute Gasteiger partial charge is 0.295 e. The van der Waals surface area contributed by atoms with Crippen molar-refractivity contribution in [1.82, 2.24) is 30.2 Å². The zero-order valence-electron chi connectivity index (χ0n) is 10.5. The van der Waals surface area contributed by atoms with E-state index in [1.165, 1.54) is 0 Å². The first-order valence-electron chi connectivity index (χ1n) is 5.96. The number of nitrogens with zero attached hydrogens (tertiary/aromatic N) is 4. The van der Waals surface area contributed by atoms with Crippen molar-refractivity contribution >= 4 is 15.9 Å². The lowest BCUT2D eigenvalue weighted by molar-refractivity contribution is 0.0606. The van der Waals surface area contributed by atoms with E-state index in [4.69, 9.17) is 0 Å². The molecule has 0 radical (unpaired) electrons. The van der Waals surface area contributed by atoms with Crippen LogP contribution in [0.25, 0.3) is 0 Å². The van der Waals surface area contributed by atoms with Gasteiger partial charge in [-0.3, -0.25) is 4.79 Å². The zero-order chi connectivity index (χ0) is 13.9. The topological polar surface area (TPSA) is 121 Å². The van der Waals surface area contributed by atoms with Crippen LogP contribution in [-0.2, 0) is 10.0 Å². The third-order valence-electron chi connectivity index (χ3n) is 3.01. The van der Waals surface area contributed by atoms with Crippen molar-refractivity contribution in [3.05, 3.63) is 5.82 Å². The van der Waals surface area contributed by atoms with Gasteiger partial charge < -0.3 is 4.90 Å². The normalized spacial score (nSPS) is 20.5. The molecule has 0 bridgehead atoms. The van der Waals surface area contributed by atoms with Gasteiger partial charge in [0.1, 0.15) is 0 Å². The van der Waals surface area contributed by atoms with Gasteiger partial charge in [-0.25, -0.2) is 13.1 Å². The molecule has 1 aromatic rings. The molecule has 1 aliphatic heterocycles. The van der Waals surface area contributed by atoms with Crippen molar-refractivity contribution in [2.45, 2.75) is 25.3 Å². The molecule has 106 valence electrons. The van der Waals surface area contributed by atoms with Gasteiger partial charge in [-0.1, -0.05) is 0 Å². The van der Waals surface area contributed by atoms with Crippen molar-refractivity contribution in [3.63, 3.8) is 0 Å². The van der Waals surface area contributed by atoms with Gasteiger partial charge in [0.2, 0.25) is 10.0 Å². The van der Waals surface area contributed by atoms with Crippen molar-refractivity contribution in [2.75, 3.05) is 19.3 Å². The summed E-state index contributed by atoms with van der Waals surface area (Å²) in [7, 11) is -3.26. The second kappa shape index (κ2) is 5.61. The Morgan fingerprint density at radius 1 is 1.53 bits per heavy atom. The largest absolute Gasteiger partial charge is 0.332 e. The van der Waals surface area contributed by atoms with E-state index in [1.807, 2.05) is 0 Å². The van der Waals surface area contributed by atoms with E-state index in [0.29, 0.717) is 6.54 Å². The molecule has 2 N–H and O–H groups in total. The Bertz CT molecular complexity index is 528. The summed E-state index contributed by atoms with van der Waals surface area (Å²) in [6.07, 6.45) is 3.71. The SMILES string of the molecule is CS(=O)(=O)NCC1CCCCN1C(=O)c1nn[nH]n1. The quantitative estimate of drug-likeness (QED) is 0.713. The third kappa shape index (κ3) is 3.70. The molecule has 0 aromatic carbocycles. The van der Waals surface area contributed by atoms with Crippen LogP contribution in [0.4, 0.5) is 0 Å². The number of carbonyl (C=O) groups excluding carboxylic acids is 1. The maximum absolute atomic E-state index is 12.2. The van der Waals surface area contributed by atoms with E-state index < -0.39 is 10.0 Å². The van der Waals surface area contributed by atoms with Gasteiger partial charge in [-0.15, -0.1) is 10.2 Å². The summed E-state index contributed by atoms with van der Waals surface area (Å²) >= 11 is 0. The highest BCUT2D eigenvalue weighted by Crippen LogP contribution is 2.18. The number of aromatic amines is 1. The second-order valence-corrected chi connectivity index (χ2v) is 6.34.